The molecule has 0 fully saturated rings. The minimum Gasteiger partial charge on any atom is -0.506 e. The van der Waals surface area contributed by atoms with Crippen molar-refractivity contribution in [1.29, 1.82) is 0 Å². The van der Waals surface area contributed by atoms with Crippen LogP contribution in [0, 0.1) is 0 Å². The third-order valence-corrected chi connectivity index (χ3v) is 3.42. The zero-order valence-electron chi connectivity index (χ0n) is 12.7. The van der Waals surface area contributed by atoms with Crippen molar-refractivity contribution in [2.75, 3.05) is 18.5 Å². The number of aromatic hydroxyl groups is 1. The van der Waals surface area contributed by atoms with Gasteiger partial charge in [0.1, 0.15) is 18.5 Å². The second kappa shape index (κ2) is 6.91. The van der Waals surface area contributed by atoms with Gasteiger partial charge in [-0.2, -0.15) is 0 Å². The fourth-order valence-electron chi connectivity index (χ4n) is 2.21. The summed E-state index contributed by atoms with van der Waals surface area (Å²) in [6.45, 7) is 0.403. The van der Waals surface area contributed by atoms with Crippen molar-refractivity contribution in [1.82, 2.24) is 5.32 Å². The van der Waals surface area contributed by atoms with Crippen LogP contribution in [0.2, 0.25) is 0 Å². The molecule has 0 aliphatic carbocycles. The number of para-hydroxylation sites is 4. The number of hydrogen-bond donors (Lipinski definition) is 3. The van der Waals surface area contributed by atoms with E-state index in [9.17, 15) is 14.7 Å². The summed E-state index contributed by atoms with van der Waals surface area (Å²) in [4.78, 5) is 23.7. The van der Waals surface area contributed by atoms with Crippen molar-refractivity contribution < 1.29 is 24.2 Å². The first kappa shape index (κ1) is 15.7. The van der Waals surface area contributed by atoms with Crippen LogP contribution in [0.4, 0.5) is 5.69 Å². The van der Waals surface area contributed by atoms with Gasteiger partial charge in [-0.15, -0.1) is 0 Å². The maximum absolute atomic E-state index is 11.8. The zero-order valence-corrected chi connectivity index (χ0v) is 12.7. The molecule has 7 heteroatoms. The molecule has 1 heterocycles. The largest absolute Gasteiger partial charge is 0.506 e. The number of amides is 2. The van der Waals surface area contributed by atoms with Crippen LogP contribution in [0.25, 0.3) is 0 Å². The van der Waals surface area contributed by atoms with Crippen LogP contribution in [-0.2, 0) is 9.59 Å². The standard InChI is InChI=1S/C17H16N2O5/c20-13-6-2-1-5-12(13)19-17(22)16(21)18-9-11-10-23-14-7-3-4-8-15(14)24-11/h1-8,11,20H,9-10H2,(H,18,21)(H,19,22). The third-order valence-electron chi connectivity index (χ3n) is 3.42. The highest BCUT2D eigenvalue weighted by Crippen LogP contribution is 2.30. The van der Waals surface area contributed by atoms with Gasteiger partial charge < -0.3 is 25.2 Å². The zero-order chi connectivity index (χ0) is 16.9. The number of phenols is 1. The van der Waals surface area contributed by atoms with Crippen LogP contribution >= 0.6 is 0 Å². The molecule has 0 bridgehead atoms. The van der Waals surface area contributed by atoms with Gasteiger partial charge in [-0.25, -0.2) is 0 Å². The van der Waals surface area contributed by atoms with E-state index in [1.807, 2.05) is 12.1 Å². The molecule has 7 nitrogen and oxygen atoms in total. The van der Waals surface area contributed by atoms with E-state index in [1.165, 1.54) is 12.1 Å². The van der Waals surface area contributed by atoms with Crippen molar-refractivity contribution in [2.24, 2.45) is 0 Å². The summed E-state index contributed by atoms with van der Waals surface area (Å²) in [5, 5.41) is 14.4. The van der Waals surface area contributed by atoms with E-state index in [0.717, 1.165) is 0 Å². The molecule has 0 radical (unpaired) electrons. The van der Waals surface area contributed by atoms with E-state index in [-0.39, 0.29) is 30.7 Å². The number of nitrogens with one attached hydrogen (secondary N) is 2. The summed E-state index contributed by atoms with van der Waals surface area (Å²) >= 11 is 0. The molecule has 0 aromatic heterocycles. The van der Waals surface area contributed by atoms with Gasteiger partial charge in [-0.3, -0.25) is 9.59 Å². The van der Waals surface area contributed by atoms with Gasteiger partial charge in [0.15, 0.2) is 11.5 Å². The predicted molar refractivity (Wildman–Crippen MR) is 86.1 cm³/mol. The van der Waals surface area contributed by atoms with E-state index < -0.39 is 11.8 Å². The molecule has 124 valence electrons. The summed E-state index contributed by atoms with van der Waals surface area (Å²) in [6, 6.07) is 13.4. The van der Waals surface area contributed by atoms with Crippen molar-refractivity contribution in [3.05, 3.63) is 48.5 Å². The summed E-state index contributed by atoms with van der Waals surface area (Å²) < 4.78 is 11.2. The van der Waals surface area contributed by atoms with E-state index in [2.05, 4.69) is 10.6 Å². The van der Waals surface area contributed by atoms with Gasteiger partial charge in [-0.05, 0) is 24.3 Å². The normalized spacial score (nSPS) is 15.4. The number of anilines is 1. The Hall–Kier alpha value is -3.22. The lowest BCUT2D eigenvalue weighted by molar-refractivity contribution is -0.136. The second-order valence-electron chi connectivity index (χ2n) is 5.18. The van der Waals surface area contributed by atoms with Crippen molar-refractivity contribution in [2.45, 2.75) is 6.10 Å². The van der Waals surface area contributed by atoms with Crippen LogP contribution in [0.1, 0.15) is 0 Å². The number of phenolic OH excluding ortho intramolecular Hbond substituents is 1. The van der Waals surface area contributed by atoms with Crippen LogP contribution in [0.5, 0.6) is 17.2 Å². The first-order chi connectivity index (χ1) is 11.6. The van der Waals surface area contributed by atoms with Gasteiger partial charge in [0.05, 0.1) is 12.2 Å². The molecule has 1 aliphatic rings. The molecule has 2 aromatic carbocycles. The van der Waals surface area contributed by atoms with E-state index >= 15 is 0 Å². The number of benzene rings is 2. The first-order valence-electron chi connectivity index (χ1n) is 7.39. The van der Waals surface area contributed by atoms with E-state index in [4.69, 9.17) is 9.47 Å². The fourth-order valence-corrected chi connectivity index (χ4v) is 2.21. The highest BCUT2D eigenvalue weighted by Gasteiger charge is 2.22. The van der Waals surface area contributed by atoms with Crippen LogP contribution < -0.4 is 20.1 Å². The second-order valence-corrected chi connectivity index (χ2v) is 5.18. The van der Waals surface area contributed by atoms with E-state index in [1.54, 1.807) is 24.3 Å². The molecule has 3 rings (SSSR count). The lowest BCUT2D eigenvalue weighted by Crippen LogP contribution is -2.44. The lowest BCUT2D eigenvalue weighted by atomic mass is 10.2. The van der Waals surface area contributed by atoms with Gasteiger partial charge in [0, 0.05) is 0 Å². The fraction of sp³-hybridized carbons (Fsp3) is 0.176. The highest BCUT2D eigenvalue weighted by molar-refractivity contribution is 6.39. The molecule has 1 atom stereocenters. The maximum Gasteiger partial charge on any atom is 0.313 e. The first-order valence-corrected chi connectivity index (χ1v) is 7.39. The molecule has 1 unspecified atom stereocenters. The van der Waals surface area contributed by atoms with Crippen molar-refractivity contribution in [3.63, 3.8) is 0 Å². The summed E-state index contributed by atoms with van der Waals surface area (Å²) in [6.07, 6.45) is -0.387. The Morgan fingerprint density at radius 3 is 2.54 bits per heavy atom. The van der Waals surface area contributed by atoms with Crippen molar-refractivity contribution in [3.8, 4) is 17.2 Å². The minimum atomic E-state index is -0.867. The molecule has 0 saturated carbocycles. The van der Waals surface area contributed by atoms with Gasteiger partial charge in [0.25, 0.3) is 0 Å². The van der Waals surface area contributed by atoms with Gasteiger partial charge in [-0.1, -0.05) is 24.3 Å². The van der Waals surface area contributed by atoms with E-state index in [0.29, 0.717) is 11.5 Å². The smallest absolute Gasteiger partial charge is 0.313 e. The Balaban J connectivity index is 1.51. The number of carbonyl (C=O) groups is 2. The number of hydrogen-bond acceptors (Lipinski definition) is 5. The number of ether oxygens (including phenoxy) is 2. The number of rotatable bonds is 3. The van der Waals surface area contributed by atoms with Crippen molar-refractivity contribution >= 4 is 17.5 Å². The summed E-state index contributed by atoms with van der Waals surface area (Å²) in [7, 11) is 0. The van der Waals surface area contributed by atoms with Crippen LogP contribution in [-0.4, -0.2) is 36.2 Å². The quantitative estimate of drug-likeness (QED) is 0.583. The monoisotopic (exact) mass is 328 g/mol. The van der Waals surface area contributed by atoms with Crippen LogP contribution in [0.15, 0.2) is 48.5 Å². The maximum atomic E-state index is 11.8. The Kier molecular flexibility index (Phi) is 4.51. The van der Waals surface area contributed by atoms with Gasteiger partial charge >= 0.3 is 11.8 Å². The minimum absolute atomic E-state index is 0.112. The number of fused-ring (bicyclic) bond motifs is 1. The average molecular weight is 328 g/mol. The molecule has 24 heavy (non-hydrogen) atoms. The third kappa shape index (κ3) is 3.57. The molecular formula is C17H16N2O5. The Morgan fingerprint density at radius 2 is 1.75 bits per heavy atom. The predicted octanol–water partition coefficient (Wildman–Crippen LogP) is 1.29. The molecule has 3 N–H and O–H groups in total. The molecule has 2 amide bonds. The molecular weight excluding hydrogens is 312 g/mol. The summed E-state index contributed by atoms with van der Waals surface area (Å²) in [5.74, 6) is -0.548. The van der Waals surface area contributed by atoms with Gasteiger partial charge in [0.2, 0.25) is 0 Å². The van der Waals surface area contributed by atoms with Crippen LogP contribution in [0.3, 0.4) is 0 Å². The molecule has 1 aliphatic heterocycles. The number of carbonyl (C=O) groups excluding carboxylic acids is 2. The Labute approximate surface area is 138 Å². The Morgan fingerprint density at radius 1 is 1.04 bits per heavy atom. The lowest BCUT2D eigenvalue weighted by Gasteiger charge is -2.26. The molecule has 0 spiro atoms. The molecule has 0 saturated heterocycles. The molecule has 2 aromatic rings. The average Bonchev–Trinajstić information content (AvgIpc) is 2.61. The highest BCUT2D eigenvalue weighted by atomic mass is 16.6. The Bertz CT molecular complexity index is 762. The topological polar surface area (TPSA) is 96.9 Å². The summed E-state index contributed by atoms with van der Waals surface area (Å²) in [5.41, 5.74) is 0.170. The SMILES string of the molecule is O=C(NCC1COc2ccccc2O1)C(=O)Nc1ccccc1O.